The number of carbonyl (C=O) groups is 1. The first-order valence-corrected chi connectivity index (χ1v) is 13.9. The molecule has 41 heavy (non-hydrogen) atoms. The summed E-state index contributed by atoms with van der Waals surface area (Å²) in [7, 11) is 0. The molecule has 1 aliphatic heterocycles. The van der Waals surface area contributed by atoms with Crippen molar-refractivity contribution in [1.82, 2.24) is 4.90 Å². The zero-order valence-electron chi connectivity index (χ0n) is 23.5. The van der Waals surface area contributed by atoms with Crippen molar-refractivity contribution in [1.29, 1.82) is 0 Å². The number of rotatable bonds is 12. The fraction of sp³-hybridized carbons (Fsp3) is 0.229. The molecule has 0 fully saturated rings. The van der Waals surface area contributed by atoms with Crippen molar-refractivity contribution in [3.63, 3.8) is 0 Å². The van der Waals surface area contributed by atoms with Gasteiger partial charge in [0.25, 0.3) is 5.91 Å². The number of carbonyl (C=O) groups excluding carboxylic acids is 1. The summed E-state index contributed by atoms with van der Waals surface area (Å²) in [5.41, 5.74) is 11.9. The van der Waals surface area contributed by atoms with Gasteiger partial charge in [-0.15, -0.1) is 0 Å². The fourth-order valence-electron chi connectivity index (χ4n) is 4.82. The van der Waals surface area contributed by atoms with E-state index in [4.69, 9.17) is 19.9 Å². The number of nitrogens with two attached hydrogens (primary N) is 1. The second-order valence-electron chi connectivity index (χ2n) is 10.3. The van der Waals surface area contributed by atoms with E-state index in [9.17, 15) is 4.79 Å². The minimum absolute atomic E-state index is 0.105. The molecule has 6 heteroatoms. The van der Waals surface area contributed by atoms with E-state index in [2.05, 4.69) is 6.58 Å². The van der Waals surface area contributed by atoms with Crippen LogP contribution in [0.5, 0.6) is 17.2 Å². The molecule has 4 aromatic rings. The van der Waals surface area contributed by atoms with Gasteiger partial charge in [-0.2, -0.15) is 0 Å². The molecular formula is C35H36N2O4. The van der Waals surface area contributed by atoms with Gasteiger partial charge < -0.3 is 24.8 Å². The zero-order valence-corrected chi connectivity index (χ0v) is 23.5. The van der Waals surface area contributed by atoms with Gasteiger partial charge in [0.05, 0.1) is 12.2 Å². The highest BCUT2D eigenvalue weighted by Crippen LogP contribution is 2.36. The molecule has 4 aromatic carbocycles. The van der Waals surface area contributed by atoms with Crippen molar-refractivity contribution in [3.05, 3.63) is 131 Å². The molecule has 210 valence electrons. The van der Waals surface area contributed by atoms with Gasteiger partial charge >= 0.3 is 0 Å². The Hall–Kier alpha value is -4.55. The lowest BCUT2D eigenvalue weighted by atomic mass is 10.0. The first kappa shape index (κ1) is 28.0. The summed E-state index contributed by atoms with van der Waals surface area (Å²) >= 11 is 0. The van der Waals surface area contributed by atoms with E-state index >= 15 is 0 Å². The van der Waals surface area contributed by atoms with Crippen molar-refractivity contribution < 1.29 is 19.0 Å². The largest absolute Gasteiger partial charge is 0.494 e. The molecule has 0 aromatic heterocycles. The molecule has 2 N–H and O–H groups in total. The molecule has 0 saturated heterocycles. The van der Waals surface area contributed by atoms with Gasteiger partial charge in [0, 0.05) is 24.7 Å². The van der Waals surface area contributed by atoms with E-state index in [1.165, 1.54) is 0 Å². The van der Waals surface area contributed by atoms with Crippen molar-refractivity contribution in [2.24, 2.45) is 5.73 Å². The molecule has 0 atom stereocenters. The fourth-order valence-corrected chi connectivity index (χ4v) is 4.82. The Morgan fingerprint density at radius 1 is 0.780 bits per heavy atom. The average molecular weight is 549 g/mol. The Labute approximate surface area is 242 Å². The summed E-state index contributed by atoms with van der Waals surface area (Å²) in [5, 5.41) is 0. The molecular weight excluding hydrogens is 512 g/mol. The third-order valence-corrected chi connectivity index (χ3v) is 7.05. The second kappa shape index (κ2) is 13.2. The number of hydrogen-bond acceptors (Lipinski definition) is 5. The van der Waals surface area contributed by atoms with Gasteiger partial charge in [0.15, 0.2) is 0 Å². The lowest BCUT2D eigenvalue weighted by molar-refractivity contribution is 0.0746. The van der Waals surface area contributed by atoms with Crippen LogP contribution in [0.3, 0.4) is 0 Å². The Bertz CT molecular complexity index is 1500. The maximum Gasteiger partial charge on any atom is 0.258 e. The maximum absolute atomic E-state index is 14.0. The molecule has 0 radical (unpaired) electrons. The number of benzene rings is 4. The molecule has 5 rings (SSSR count). The van der Waals surface area contributed by atoms with Crippen LogP contribution in [-0.2, 0) is 26.3 Å². The van der Waals surface area contributed by atoms with Crippen LogP contribution in [0.4, 0.5) is 0 Å². The molecule has 6 nitrogen and oxygen atoms in total. The topological polar surface area (TPSA) is 74.0 Å². The van der Waals surface area contributed by atoms with Crippen LogP contribution in [0.2, 0.25) is 0 Å². The van der Waals surface area contributed by atoms with Gasteiger partial charge in [-0.05, 0) is 65.9 Å². The molecule has 0 spiro atoms. The summed E-state index contributed by atoms with van der Waals surface area (Å²) < 4.78 is 18.4. The lowest BCUT2D eigenvalue weighted by Crippen LogP contribution is -2.26. The van der Waals surface area contributed by atoms with Crippen LogP contribution in [0, 0.1) is 0 Å². The van der Waals surface area contributed by atoms with Crippen LogP contribution >= 0.6 is 0 Å². The number of hydrogen-bond donors (Lipinski definition) is 1. The number of ether oxygens (including phenoxy) is 3. The van der Waals surface area contributed by atoms with Crippen LogP contribution < -0.4 is 19.9 Å². The first-order chi connectivity index (χ1) is 20.0. The highest BCUT2D eigenvalue weighted by molar-refractivity contribution is 5.98. The van der Waals surface area contributed by atoms with E-state index in [1.54, 1.807) is 0 Å². The minimum atomic E-state index is -0.105. The Balaban J connectivity index is 1.42. The Morgan fingerprint density at radius 2 is 1.39 bits per heavy atom. The van der Waals surface area contributed by atoms with Crippen molar-refractivity contribution in [2.45, 2.75) is 39.6 Å². The van der Waals surface area contributed by atoms with Crippen LogP contribution in [0.15, 0.2) is 97.6 Å². The van der Waals surface area contributed by atoms with Gasteiger partial charge in [-0.3, -0.25) is 4.79 Å². The van der Waals surface area contributed by atoms with Crippen molar-refractivity contribution in [3.8, 4) is 17.2 Å². The van der Waals surface area contributed by atoms with E-state index in [1.807, 2.05) is 103 Å². The Morgan fingerprint density at radius 3 is 2.00 bits per heavy atom. The number of nitrogens with zero attached hydrogens (tertiary/aromatic N) is 1. The number of allylic oxidation sites excluding steroid dienone is 1. The van der Waals surface area contributed by atoms with Gasteiger partial charge in [-0.1, -0.05) is 73.3 Å². The zero-order chi connectivity index (χ0) is 28.6. The summed E-state index contributed by atoms with van der Waals surface area (Å²) in [6.45, 7) is 8.98. The SMILES string of the molecule is C=C(C)c1cc(C(=O)N2Cc3ccc(OCCCN)cc3C2)c(OCc2ccccc2)cc1OCc1ccccc1. The van der Waals surface area contributed by atoms with E-state index in [0.717, 1.165) is 45.6 Å². The lowest BCUT2D eigenvalue weighted by Gasteiger charge is -2.21. The van der Waals surface area contributed by atoms with Crippen LogP contribution in [-0.4, -0.2) is 24.0 Å². The molecule has 0 bridgehead atoms. The normalized spacial score (nSPS) is 12.1. The number of amides is 1. The first-order valence-electron chi connectivity index (χ1n) is 13.9. The van der Waals surface area contributed by atoms with Crippen molar-refractivity contribution >= 4 is 11.5 Å². The average Bonchev–Trinajstić information content (AvgIpc) is 3.43. The highest BCUT2D eigenvalue weighted by Gasteiger charge is 2.28. The monoisotopic (exact) mass is 548 g/mol. The van der Waals surface area contributed by atoms with Crippen molar-refractivity contribution in [2.75, 3.05) is 13.2 Å². The summed E-state index contributed by atoms with van der Waals surface area (Å²) in [5.74, 6) is 1.80. The van der Waals surface area contributed by atoms with E-state index < -0.39 is 0 Å². The van der Waals surface area contributed by atoms with Gasteiger partial charge in [0.1, 0.15) is 30.5 Å². The summed E-state index contributed by atoms with van der Waals surface area (Å²) in [4.78, 5) is 15.9. The number of fused-ring (bicyclic) bond motifs is 1. The molecule has 1 heterocycles. The van der Waals surface area contributed by atoms with E-state index in [-0.39, 0.29) is 5.91 Å². The highest BCUT2D eigenvalue weighted by atomic mass is 16.5. The standard InChI is InChI=1S/C35H36N2O4/c1-25(2)31-19-32(35(38)37-21-28-14-15-30(18-29(28)22-37)39-17-9-16-36)34(41-24-27-12-7-4-8-13-27)20-33(31)40-23-26-10-5-3-6-11-26/h3-8,10-15,18-20H,1,9,16-17,21-24,36H2,2H3. The second-order valence-corrected chi connectivity index (χ2v) is 10.3. The molecule has 0 unspecified atom stereocenters. The summed E-state index contributed by atoms with van der Waals surface area (Å²) in [6.07, 6.45) is 0.795. The third-order valence-electron chi connectivity index (χ3n) is 7.05. The Kier molecular flexibility index (Phi) is 9.02. The predicted molar refractivity (Wildman–Crippen MR) is 162 cm³/mol. The molecule has 1 amide bonds. The van der Waals surface area contributed by atoms with E-state index in [0.29, 0.717) is 56.5 Å². The van der Waals surface area contributed by atoms with Gasteiger partial charge in [-0.25, -0.2) is 0 Å². The third kappa shape index (κ3) is 6.97. The maximum atomic E-state index is 14.0. The molecule has 0 saturated carbocycles. The smallest absolute Gasteiger partial charge is 0.258 e. The summed E-state index contributed by atoms with van der Waals surface area (Å²) in [6, 6.07) is 29.6. The van der Waals surface area contributed by atoms with Crippen LogP contribution in [0.25, 0.3) is 5.57 Å². The molecule has 0 aliphatic carbocycles. The predicted octanol–water partition coefficient (Wildman–Crippen LogP) is 6.76. The van der Waals surface area contributed by atoms with Gasteiger partial charge in [0.2, 0.25) is 0 Å². The quantitative estimate of drug-likeness (QED) is 0.198. The molecule has 1 aliphatic rings. The minimum Gasteiger partial charge on any atom is -0.494 e. The van der Waals surface area contributed by atoms with Crippen LogP contribution in [0.1, 0.15) is 51.5 Å².